The number of aromatic nitrogens is 3. The second kappa shape index (κ2) is 6.11. The molecule has 0 bridgehead atoms. The molecule has 0 unspecified atom stereocenters. The summed E-state index contributed by atoms with van der Waals surface area (Å²) >= 11 is 0. The zero-order chi connectivity index (χ0) is 15.5. The SMILES string of the molecule is CCOc1nc2cc(C)ccc2cc1-c1noc(COC)n1. The van der Waals surface area contributed by atoms with Gasteiger partial charge in [0.25, 0.3) is 5.89 Å². The average Bonchev–Trinajstić information content (AvgIpc) is 2.96. The van der Waals surface area contributed by atoms with Crippen molar-refractivity contribution in [1.82, 2.24) is 15.1 Å². The van der Waals surface area contributed by atoms with Crippen LogP contribution in [0.1, 0.15) is 18.4 Å². The number of hydrogen-bond acceptors (Lipinski definition) is 6. The number of methoxy groups -OCH3 is 1. The third-order valence-electron chi connectivity index (χ3n) is 3.20. The van der Waals surface area contributed by atoms with E-state index >= 15 is 0 Å². The molecule has 0 atom stereocenters. The highest BCUT2D eigenvalue weighted by molar-refractivity contribution is 5.85. The smallest absolute Gasteiger partial charge is 0.252 e. The predicted octanol–water partition coefficient (Wildman–Crippen LogP) is 3.14. The summed E-state index contributed by atoms with van der Waals surface area (Å²) in [4.78, 5) is 8.90. The maximum atomic E-state index is 5.64. The normalized spacial score (nSPS) is 11.0. The van der Waals surface area contributed by atoms with Gasteiger partial charge in [-0.25, -0.2) is 4.98 Å². The molecule has 0 aliphatic carbocycles. The molecule has 0 radical (unpaired) electrons. The van der Waals surface area contributed by atoms with E-state index in [0.29, 0.717) is 29.8 Å². The number of aryl methyl sites for hydroxylation is 1. The Morgan fingerprint density at radius 2 is 2.05 bits per heavy atom. The molecular formula is C16H17N3O3. The molecule has 0 spiro atoms. The first-order valence-electron chi connectivity index (χ1n) is 7.07. The van der Waals surface area contributed by atoms with E-state index in [4.69, 9.17) is 14.0 Å². The first-order chi connectivity index (χ1) is 10.7. The zero-order valence-corrected chi connectivity index (χ0v) is 12.8. The third-order valence-corrected chi connectivity index (χ3v) is 3.20. The molecule has 0 saturated carbocycles. The molecule has 0 N–H and O–H groups in total. The maximum absolute atomic E-state index is 5.64. The third kappa shape index (κ3) is 2.78. The van der Waals surface area contributed by atoms with Gasteiger partial charge in [-0.3, -0.25) is 0 Å². The predicted molar refractivity (Wildman–Crippen MR) is 81.7 cm³/mol. The van der Waals surface area contributed by atoms with Crippen molar-refractivity contribution >= 4 is 10.9 Å². The van der Waals surface area contributed by atoms with Crippen LogP contribution in [-0.2, 0) is 11.3 Å². The van der Waals surface area contributed by atoms with Crippen LogP contribution in [0.5, 0.6) is 5.88 Å². The molecule has 2 aromatic heterocycles. The molecule has 3 rings (SSSR count). The Morgan fingerprint density at radius 3 is 2.82 bits per heavy atom. The number of rotatable bonds is 5. The van der Waals surface area contributed by atoms with Crippen LogP contribution in [0.4, 0.5) is 0 Å². The second-order valence-corrected chi connectivity index (χ2v) is 4.91. The molecule has 6 nitrogen and oxygen atoms in total. The minimum absolute atomic E-state index is 0.275. The number of nitrogens with zero attached hydrogens (tertiary/aromatic N) is 3. The van der Waals surface area contributed by atoms with Crippen molar-refractivity contribution in [3.63, 3.8) is 0 Å². The topological polar surface area (TPSA) is 70.3 Å². The van der Waals surface area contributed by atoms with Crippen molar-refractivity contribution in [2.24, 2.45) is 0 Å². The van der Waals surface area contributed by atoms with E-state index in [1.54, 1.807) is 7.11 Å². The molecule has 3 aromatic rings. The Balaban J connectivity index is 2.12. The molecule has 0 aliphatic heterocycles. The van der Waals surface area contributed by atoms with E-state index in [2.05, 4.69) is 15.1 Å². The van der Waals surface area contributed by atoms with Gasteiger partial charge >= 0.3 is 0 Å². The van der Waals surface area contributed by atoms with Crippen LogP contribution in [0.15, 0.2) is 28.8 Å². The van der Waals surface area contributed by atoms with Crippen molar-refractivity contribution in [2.75, 3.05) is 13.7 Å². The summed E-state index contributed by atoms with van der Waals surface area (Å²) in [6.45, 7) is 4.74. The number of pyridine rings is 1. The largest absolute Gasteiger partial charge is 0.477 e. The van der Waals surface area contributed by atoms with Gasteiger partial charge in [0.2, 0.25) is 11.7 Å². The summed E-state index contributed by atoms with van der Waals surface area (Å²) in [5, 5.41) is 4.99. The second-order valence-electron chi connectivity index (χ2n) is 4.91. The highest BCUT2D eigenvalue weighted by atomic mass is 16.5. The lowest BCUT2D eigenvalue weighted by molar-refractivity contribution is 0.151. The lowest BCUT2D eigenvalue weighted by Crippen LogP contribution is -1.99. The van der Waals surface area contributed by atoms with Crippen LogP contribution in [-0.4, -0.2) is 28.8 Å². The van der Waals surface area contributed by atoms with Crippen LogP contribution in [0.25, 0.3) is 22.3 Å². The Morgan fingerprint density at radius 1 is 1.18 bits per heavy atom. The Hall–Kier alpha value is -2.47. The van der Waals surface area contributed by atoms with Gasteiger partial charge in [-0.15, -0.1) is 0 Å². The maximum Gasteiger partial charge on any atom is 0.252 e. The number of hydrogen-bond donors (Lipinski definition) is 0. The first kappa shape index (κ1) is 14.5. The van der Waals surface area contributed by atoms with Crippen molar-refractivity contribution < 1.29 is 14.0 Å². The van der Waals surface area contributed by atoms with Gasteiger partial charge in [0.15, 0.2) is 0 Å². The van der Waals surface area contributed by atoms with Gasteiger partial charge in [-0.2, -0.15) is 4.98 Å². The minimum Gasteiger partial charge on any atom is -0.477 e. The van der Waals surface area contributed by atoms with E-state index in [-0.39, 0.29) is 6.61 Å². The minimum atomic E-state index is 0.275. The van der Waals surface area contributed by atoms with Crippen LogP contribution in [0, 0.1) is 6.92 Å². The summed E-state index contributed by atoms with van der Waals surface area (Å²) in [5.74, 6) is 1.37. The summed E-state index contributed by atoms with van der Waals surface area (Å²) in [6.07, 6.45) is 0. The summed E-state index contributed by atoms with van der Waals surface area (Å²) < 4.78 is 15.8. The number of benzene rings is 1. The average molecular weight is 299 g/mol. The van der Waals surface area contributed by atoms with E-state index < -0.39 is 0 Å². The number of fused-ring (bicyclic) bond motifs is 1. The van der Waals surface area contributed by atoms with E-state index in [1.807, 2.05) is 38.1 Å². The fraction of sp³-hybridized carbons (Fsp3) is 0.312. The van der Waals surface area contributed by atoms with Crippen molar-refractivity contribution in [2.45, 2.75) is 20.5 Å². The molecule has 2 heterocycles. The first-order valence-corrected chi connectivity index (χ1v) is 7.07. The highest BCUT2D eigenvalue weighted by Crippen LogP contribution is 2.30. The zero-order valence-electron chi connectivity index (χ0n) is 12.8. The van der Waals surface area contributed by atoms with Crippen LogP contribution < -0.4 is 4.74 Å². The summed E-state index contributed by atoms with van der Waals surface area (Å²) in [7, 11) is 1.58. The highest BCUT2D eigenvalue weighted by Gasteiger charge is 2.16. The van der Waals surface area contributed by atoms with Crippen molar-refractivity contribution in [3.8, 4) is 17.3 Å². The molecule has 6 heteroatoms. The van der Waals surface area contributed by atoms with Crippen LogP contribution >= 0.6 is 0 Å². The molecule has 0 amide bonds. The van der Waals surface area contributed by atoms with E-state index in [0.717, 1.165) is 16.5 Å². The van der Waals surface area contributed by atoms with Gasteiger partial charge < -0.3 is 14.0 Å². The van der Waals surface area contributed by atoms with E-state index in [9.17, 15) is 0 Å². The standard InChI is InChI=1S/C16H17N3O3/c1-4-21-16-12(15-18-14(9-20-3)22-19-15)8-11-6-5-10(2)7-13(11)17-16/h5-8H,4,9H2,1-3H3. The van der Waals surface area contributed by atoms with Crippen molar-refractivity contribution in [3.05, 3.63) is 35.7 Å². The van der Waals surface area contributed by atoms with Gasteiger partial charge in [-0.05, 0) is 31.5 Å². The van der Waals surface area contributed by atoms with Gasteiger partial charge in [-0.1, -0.05) is 17.3 Å². The lowest BCUT2D eigenvalue weighted by Gasteiger charge is -2.08. The van der Waals surface area contributed by atoms with Gasteiger partial charge in [0.05, 0.1) is 17.7 Å². The molecule has 114 valence electrons. The van der Waals surface area contributed by atoms with Crippen LogP contribution in [0.2, 0.25) is 0 Å². The molecular weight excluding hydrogens is 282 g/mol. The summed E-state index contributed by atoms with van der Waals surface area (Å²) in [5.41, 5.74) is 2.74. The van der Waals surface area contributed by atoms with Crippen molar-refractivity contribution in [1.29, 1.82) is 0 Å². The fourth-order valence-corrected chi connectivity index (χ4v) is 2.21. The number of ether oxygens (including phenoxy) is 2. The Labute approximate surface area is 128 Å². The fourth-order valence-electron chi connectivity index (χ4n) is 2.21. The monoisotopic (exact) mass is 299 g/mol. The molecule has 1 aromatic carbocycles. The lowest BCUT2D eigenvalue weighted by atomic mass is 10.1. The molecule has 22 heavy (non-hydrogen) atoms. The Bertz CT molecular complexity index is 798. The summed E-state index contributed by atoms with van der Waals surface area (Å²) in [6, 6.07) is 8.05. The molecule has 0 saturated heterocycles. The van der Waals surface area contributed by atoms with E-state index in [1.165, 1.54) is 0 Å². The van der Waals surface area contributed by atoms with Crippen LogP contribution in [0.3, 0.4) is 0 Å². The Kier molecular flexibility index (Phi) is 4.02. The quantitative estimate of drug-likeness (QED) is 0.721. The molecule has 0 fully saturated rings. The van der Waals surface area contributed by atoms with Gasteiger partial charge in [0.1, 0.15) is 6.61 Å². The molecule has 0 aliphatic rings. The van der Waals surface area contributed by atoms with Gasteiger partial charge in [0, 0.05) is 12.5 Å².